The summed E-state index contributed by atoms with van der Waals surface area (Å²) >= 11 is 0. The average molecular weight is 285 g/mol. The Hall–Kier alpha value is -1.64. The number of ether oxygens (including phenoxy) is 1. The fraction of sp³-hybridized carbons (Fsp3) is 0.364. The molecule has 1 heterocycles. The summed E-state index contributed by atoms with van der Waals surface area (Å²) < 4.78 is 33.0. The third kappa shape index (κ3) is 3.22. The molecule has 3 N–H and O–H groups in total. The van der Waals surface area contributed by atoms with Crippen LogP contribution in [0.15, 0.2) is 24.3 Å². The van der Waals surface area contributed by atoms with Gasteiger partial charge in [0, 0.05) is 13.1 Å². The second kappa shape index (κ2) is 5.55. The van der Waals surface area contributed by atoms with E-state index in [2.05, 4.69) is 4.72 Å². The molecule has 104 valence electrons. The summed E-state index contributed by atoms with van der Waals surface area (Å²) in [6.07, 6.45) is 0. The lowest BCUT2D eigenvalue weighted by Crippen LogP contribution is -2.43. The number of para-hydroxylation sites is 1. The van der Waals surface area contributed by atoms with Crippen LogP contribution in [0.5, 0.6) is 0 Å². The molecule has 7 nitrogen and oxygen atoms in total. The highest BCUT2D eigenvalue weighted by atomic mass is 32.2. The highest BCUT2D eigenvalue weighted by molar-refractivity contribution is 7.90. The third-order valence-corrected chi connectivity index (χ3v) is 4.26. The summed E-state index contributed by atoms with van der Waals surface area (Å²) in [6.45, 7) is 1.29. The normalized spacial score (nSPS) is 17.1. The van der Waals surface area contributed by atoms with E-state index in [-0.39, 0.29) is 24.3 Å². The maximum atomic E-state index is 12.1. The van der Waals surface area contributed by atoms with Crippen LogP contribution < -0.4 is 10.5 Å². The fourth-order valence-electron chi connectivity index (χ4n) is 1.78. The second-order valence-corrected chi connectivity index (χ2v) is 5.70. The van der Waals surface area contributed by atoms with Gasteiger partial charge in [-0.3, -0.25) is 9.52 Å². The van der Waals surface area contributed by atoms with Gasteiger partial charge in [-0.2, -0.15) is 12.7 Å². The van der Waals surface area contributed by atoms with E-state index in [9.17, 15) is 13.2 Å². The van der Waals surface area contributed by atoms with E-state index >= 15 is 0 Å². The highest BCUT2D eigenvalue weighted by Gasteiger charge is 2.25. The van der Waals surface area contributed by atoms with Crippen molar-refractivity contribution < 1.29 is 17.9 Å². The number of carbonyl (C=O) groups excluding carboxylic acids is 1. The van der Waals surface area contributed by atoms with Crippen LogP contribution >= 0.6 is 0 Å². The number of primary amides is 1. The number of rotatable bonds is 4. The number of morpholine rings is 1. The zero-order valence-corrected chi connectivity index (χ0v) is 11.0. The van der Waals surface area contributed by atoms with E-state index in [1.807, 2.05) is 0 Å². The summed E-state index contributed by atoms with van der Waals surface area (Å²) in [5.41, 5.74) is 5.52. The van der Waals surface area contributed by atoms with Crippen LogP contribution in [0.1, 0.15) is 10.4 Å². The minimum Gasteiger partial charge on any atom is -0.379 e. The standard InChI is InChI=1S/C11H15N3O4S/c12-11(15)9-3-1-2-4-10(9)13-19(16,17)14-5-7-18-8-6-14/h1-4,13H,5-8H2,(H2,12,15). The Morgan fingerprint density at radius 3 is 2.53 bits per heavy atom. The quantitative estimate of drug-likeness (QED) is 0.798. The number of carbonyl (C=O) groups is 1. The predicted molar refractivity (Wildman–Crippen MR) is 69.9 cm³/mol. The Morgan fingerprint density at radius 2 is 1.89 bits per heavy atom. The van der Waals surface area contributed by atoms with Gasteiger partial charge >= 0.3 is 10.2 Å². The number of anilines is 1. The molecule has 1 aliphatic heterocycles. The third-order valence-electron chi connectivity index (χ3n) is 2.74. The first-order chi connectivity index (χ1) is 9.00. The van der Waals surface area contributed by atoms with E-state index in [1.54, 1.807) is 12.1 Å². The molecular formula is C11H15N3O4S. The molecule has 2 rings (SSSR count). The molecule has 19 heavy (non-hydrogen) atoms. The van der Waals surface area contributed by atoms with E-state index in [0.717, 1.165) is 0 Å². The Balaban J connectivity index is 2.22. The van der Waals surface area contributed by atoms with Crippen LogP contribution in [-0.2, 0) is 14.9 Å². The number of hydrogen-bond acceptors (Lipinski definition) is 4. The molecule has 1 amide bonds. The van der Waals surface area contributed by atoms with Crippen LogP contribution in [0.2, 0.25) is 0 Å². The lowest BCUT2D eigenvalue weighted by atomic mass is 10.2. The fourth-order valence-corrected chi connectivity index (χ4v) is 2.99. The maximum absolute atomic E-state index is 12.1. The van der Waals surface area contributed by atoms with E-state index < -0.39 is 16.1 Å². The van der Waals surface area contributed by atoms with E-state index in [1.165, 1.54) is 16.4 Å². The lowest BCUT2D eigenvalue weighted by molar-refractivity contribution is 0.0733. The van der Waals surface area contributed by atoms with Gasteiger partial charge in [-0.05, 0) is 12.1 Å². The molecule has 1 aliphatic rings. The first-order valence-corrected chi connectivity index (χ1v) is 7.19. The van der Waals surface area contributed by atoms with Gasteiger partial charge in [0.15, 0.2) is 0 Å². The topological polar surface area (TPSA) is 102 Å². The van der Waals surface area contributed by atoms with Crippen LogP contribution in [0.4, 0.5) is 5.69 Å². The van der Waals surface area contributed by atoms with Gasteiger partial charge in [0.05, 0.1) is 24.5 Å². The van der Waals surface area contributed by atoms with Crippen molar-refractivity contribution in [1.29, 1.82) is 0 Å². The predicted octanol–water partition coefficient (Wildman–Crippen LogP) is -0.226. The van der Waals surface area contributed by atoms with Crippen molar-refractivity contribution in [2.24, 2.45) is 5.73 Å². The molecule has 0 saturated carbocycles. The molecule has 0 unspecified atom stereocenters. The smallest absolute Gasteiger partial charge is 0.301 e. The molecule has 0 atom stereocenters. The second-order valence-electron chi connectivity index (χ2n) is 4.03. The Kier molecular flexibility index (Phi) is 4.03. The molecule has 1 fully saturated rings. The zero-order valence-electron chi connectivity index (χ0n) is 10.2. The molecule has 0 spiro atoms. The Labute approximate surface area is 111 Å². The monoisotopic (exact) mass is 285 g/mol. The lowest BCUT2D eigenvalue weighted by Gasteiger charge is -2.26. The average Bonchev–Trinajstić information content (AvgIpc) is 2.39. The minimum absolute atomic E-state index is 0.138. The summed E-state index contributed by atoms with van der Waals surface area (Å²) in [5.74, 6) is -0.680. The number of nitrogens with zero attached hydrogens (tertiary/aromatic N) is 1. The largest absolute Gasteiger partial charge is 0.379 e. The number of amides is 1. The van der Waals surface area contributed by atoms with Crippen LogP contribution in [0, 0.1) is 0 Å². The van der Waals surface area contributed by atoms with Crippen molar-refractivity contribution in [3.63, 3.8) is 0 Å². The van der Waals surface area contributed by atoms with Crippen LogP contribution in [-0.4, -0.2) is 44.9 Å². The summed E-state index contributed by atoms with van der Waals surface area (Å²) in [5, 5.41) is 0. The zero-order chi connectivity index (χ0) is 13.9. The van der Waals surface area contributed by atoms with Crippen molar-refractivity contribution in [2.45, 2.75) is 0 Å². The van der Waals surface area contributed by atoms with Gasteiger partial charge in [0.2, 0.25) is 0 Å². The van der Waals surface area contributed by atoms with Crippen molar-refractivity contribution in [3.8, 4) is 0 Å². The van der Waals surface area contributed by atoms with Gasteiger partial charge in [0.25, 0.3) is 5.91 Å². The number of nitrogens with one attached hydrogen (secondary N) is 1. The molecule has 8 heteroatoms. The molecule has 1 aromatic carbocycles. The first-order valence-electron chi connectivity index (χ1n) is 5.75. The van der Waals surface area contributed by atoms with Crippen molar-refractivity contribution in [1.82, 2.24) is 4.31 Å². The van der Waals surface area contributed by atoms with Gasteiger partial charge in [-0.25, -0.2) is 0 Å². The number of nitrogens with two attached hydrogens (primary N) is 1. The molecule has 1 aromatic rings. The molecule has 0 aromatic heterocycles. The Bertz CT molecular complexity index is 567. The van der Waals surface area contributed by atoms with Crippen molar-refractivity contribution in [2.75, 3.05) is 31.0 Å². The van der Waals surface area contributed by atoms with Gasteiger partial charge < -0.3 is 10.5 Å². The van der Waals surface area contributed by atoms with E-state index in [4.69, 9.17) is 10.5 Å². The number of benzene rings is 1. The maximum Gasteiger partial charge on any atom is 0.301 e. The van der Waals surface area contributed by atoms with Crippen molar-refractivity contribution in [3.05, 3.63) is 29.8 Å². The molecule has 0 radical (unpaired) electrons. The van der Waals surface area contributed by atoms with Crippen LogP contribution in [0.3, 0.4) is 0 Å². The van der Waals surface area contributed by atoms with Crippen molar-refractivity contribution >= 4 is 21.8 Å². The van der Waals surface area contributed by atoms with Crippen LogP contribution in [0.25, 0.3) is 0 Å². The molecule has 0 aliphatic carbocycles. The van der Waals surface area contributed by atoms with E-state index in [0.29, 0.717) is 13.2 Å². The first kappa shape index (κ1) is 13.8. The van der Waals surface area contributed by atoms with Gasteiger partial charge in [-0.15, -0.1) is 0 Å². The molecule has 0 bridgehead atoms. The minimum atomic E-state index is -3.70. The molecular weight excluding hydrogens is 270 g/mol. The van der Waals surface area contributed by atoms with Gasteiger partial charge in [-0.1, -0.05) is 12.1 Å². The molecule has 1 saturated heterocycles. The number of hydrogen-bond donors (Lipinski definition) is 2. The highest BCUT2D eigenvalue weighted by Crippen LogP contribution is 2.17. The Morgan fingerprint density at radius 1 is 1.26 bits per heavy atom. The summed E-state index contributed by atoms with van der Waals surface area (Å²) in [4.78, 5) is 11.2. The summed E-state index contributed by atoms with van der Waals surface area (Å²) in [6, 6.07) is 6.22. The summed E-state index contributed by atoms with van der Waals surface area (Å²) in [7, 11) is -3.70. The van der Waals surface area contributed by atoms with Gasteiger partial charge in [0.1, 0.15) is 0 Å². The SMILES string of the molecule is NC(=O)c1ccccc1NS(=O)(=O)N1CCOCC1.